The maximum atomic E-state index is 11.6. The number of ether oxygens (including phenoxy) is 1. The predicted molar refractivity (Wildman–Crippen MR) is 97.3 cm³/mol. The van der Waals surface area contributed by atoms with Gasteiger partial charge in [-0.2, -0.15) is 0 Å². The van der Waals surface area contributed by atoms with Gasteiger partial charge in [-0.25, -0.2) is 0 Å². The molecule has 1 aliphatic rings. The van der Waals surface area contributed by atoms with Crippen molar-refractivity contribution in [3.63, 3.8) is 0 Å². The minimum atomic E-state index is -0.357. The van der Waals surface area contributed by atoms with E-state index >= 15 is 0 Å². The Bertz CT molecular complexity index is 298. The second kappa shape index (κ2) is 12.8. The molecule has 1 atom stereocenters. The van der Waals surface area contributed by atoms with Gasteiger partial charge in [0, 0.05) is 0 Å². The van der Waals surface area contributed by atoms with Crippen molar-refractivity contribution in [1.29, 1.82) is 0 Å². The minimum Gasteiger partial charge on any atom is -0.367 e. The first kappa shape index (κ1) is 20.5. The Morgan fingerprint density at radius 2 is 1.43 bits per heavy atom. The number of unbranched alkanes of at least 4 members (excludes halogenated alkanes) is 6. The first-order valence-electron chi connectivity index (χ1n) is 10.0. The second-order valence-corrected chi connectivity index (χ2v) is 7.73. The van der Waals surface area contributed by atoms with Crippen LogP contribution in [0, 0.1) is 5.92 Å². The molecular weight excluding hydrogens is 286 g/mol. The lowest BCUT2D eigenvalue weighted by Crippen LogP contribution is -2.35. The van der Waals surface area contributed by atoms with Crippen LogP contribution < -0.4 is 5.73 Å². The normalized spacial score (nSPS) is 17.5. The molecule has 0 spiro atoms. The summed E-state index contributed by atoms with van der Waals surface area (Å²) in [5.41, 5.74) is 5.51. The molecule has 0 aromatic rings. The van der Waals surface area contributed by atoms with E-state index in [4.69, 9.17) is 10.5 Å². The number of nitrogens with two attached hydrogens (primary N) is 1. The van der Waals surface area contributed by atoms with Gasteiger partial charge in [0.05, 0.1) is 6.10 Å². The molecule has 136 valence electrons. The van der Waals surface area contributed by atoms with Crippen molar-refractivity contribution in [2.24, 2.45) is 11.7 Å². The molecule has 1 saturated carbocycles. The van der Waals surface area contributed by atoms with Crippen LogP contribution in [-0.2, 0) is 9.53 Å². The van der Waals surface area contributed by atoms with Gasteiger partial charge in [-0.15, -0.1) is 0 Å². The monoisotopic (exact) mass is 325 g/mol. The summed E-state index contributed by atoms with van der Waals surface area (Å²) in [6.07, 6.45) is 17.0. The van der Waals surface area contributed by atoms with Crippen LogP contribution >= 0.6 is 0 Å². The number of carbonyl (C=O) groups is 1. The van der Waals surface area contributed by atoms with Crippen LogP contribution in [0.3, 0.4) is 0 Å². The quantitative estimate of drug-likeness (QED) is 0.464. The number of rotatable bonds is 13. The van der Waals surface area contributed by atoms with Gasteiger partial charge in [0.2, 0.25) is 5.91 Å². The average molecular weight is 326 g/mol. The smallest absolute Gasteiger partial charge is 0.246 e. The Balaban J connectivity index is 2.01. The Labute approximate surface area is 143 Å². The van der Waals surface area contributed by atoms with E-state index in [1.807, 2.05) is 0 Å². The Morgan fingerprint density at radius 1 is 0.913 bits per heavy atom. The Morgan fingerprint density at radius 3 is 1.96 bits per heavy atom. The highest BCUT2D eigenvalue weighted by Gasteiger charge is 2.22. The van der Waals surface area contributed by atoms with Crippen molar-refractivity contribution in [1.82, 2.24) is 0 Å². The van der Waals surface area contributed by atoms with Gasteiger partial charge in [-0.1, -0.05) is 84.5 Å². The van der Waals surface area contributed by atoms with E-state index < -0.39 is 0 Å². The van der Waals surface area contributed by atoms with Crippen molar-refractivity contribution in [2.75, 3.05) is 0 Å². The third kappa shape index (κ3) is 10.8. The zero-order valence-electron chi connectivity index (χ0n) is 15.5. The zero-order valence-corrected chi connectivity index (χ0v) is 15.5. The van der Waals surface area contributed by atoms with Crippen LogP contribution in [0.25, 0.3) is 0 Å². The van der Waals surface area contributed by atoms with Crippen molar-refractivity contribution < 1.29 is 9.53 Å². The number of primary amides is 1. The molecule has 0 aromatic heterocycles. The van der Waals surface area contributed by atoms with Gasteiger partial charge in [-0.3, -0.25) is 4.79 Å². The first-order chi connectivity index (χ1) is 11.1. The van der Waals surface area contributed by atoms with E-state index in [0.717, 1.165) is 31.6 Å². The first-order valence-corrected chi connectivity index (χ1v) is 10.0. The third-order valence-electron chi connectivity index (χ3n) is 4.97. The lowest BCUT2D eigenvalue weighted by atomic mass is 9.97. The van der Waals surface area contributed by atoms with E-state index in [2.05, 4.69) is 13.8 Å². The number of carbonyl (C=O) groups excluding carboxylic acids is 1. The Hall–Kier alpha value is -0.570. The van der Waals surface area contributed by atoms with E-state index in [9.17, 15) is 4.79 Å². The Kier molecular flexibility index (Phi) is 11.4. The fourth-order valence-electron chi connectivity index (χ4n) is 3.48. The lowest BCUT2D eigenvalue weighted by Gasteiger charge is -2.26. The van der Waals surface area contributed by atoms with E-state index in [1.165, 1.54) is 64.2 Å². The largest absolute Gasteiger partial charge is 0.367 e. The van der Waals surface area contributed by atoms with Crippen LogP contribution in [0.5, 0.6) is 0 Å². The zero-order chi connectivity index (χ0) is 16.9. The average Bonchev–Trinajstić information content (AvgIpc) is 2.52. The highest BCUT2D eigenvalue weighted by Crippen LogP contribution is 2.23. The fraction of sp³-hybridized carbons (Fsp3) is 0.950. The molecule has 1 unspecified atom stereocenters. The van der Waals surface area contributed by atoms with Crippen LogP contribution in [-0.4, -0.2) is 18.1 Å². The van der Waals surface area contributed by atoms with Gasteiger partial charge >= 0.3 is 0 Å². The van der Waals surface area contributed by atoms with Crippen LogP contribution in [0.1, 0.15) is 104 Å². The summed E-state index contributed by atoms with van der Waals surface area (Å²) in [5, 5.41) is 0. The summed E-state index contributed by atoms with van der Waals surface area (Å²) >= 11 is 0. The molecule has 0 radical (unpaired) electrons. The number of hydrogen-bond acceptors (Lipinski definition) is 2. The molecule has 3 nitrogen and oxygen atoms in total. The van der Waals surface area contributed by atoms with E-state index in [1.54, 1.807) is 0 Å². The molecule has 1 aliphatic carbocycles. The summed E-state index contributed by atoms with van der Waals surface area (Å²) in [4.78, 5) is 11.6. The summed E-state index contributed by atoms with van der Waals surface area (Å²) in [6.45, 7) is 4.59. The summed E-state index contributed by atoms with van der Waals surface area (Å²) in [7, 11) is 0. The molecule has 0 heterocycles. The molecule has 3 heteroatoms. The molecule has 0 bridgehead atoms. The van der Waals surface area contributed by atoms with Crippen LogP contribution in [0.15, 0.2) is 0 Å². The molecule has 0 aromatic carbocycles. The maximum Gasteiger partial charge on any atom is 0.246 e. The highest BCUT2D eigenvalue weighted by molar-refractivity contribution is 5.78. The molecule has 1 amide bonds. The fourth-order valence-corrected chi connectivity index (χ4v) is 3.48. The van der Waals surface area contributed by atoms with Crippen molar-refractivity contribution >= 4 is 5.91 Å². The molecule has 1 rings (SSSR count). The van der Waals surface area contributed by atoms with Gasteiger partial charge in [0.1, 0.15) is 6.10 Å². The van der Waals surface area contributed by atoms with Crippen molar-refractivity contribution in [3.05, 3.63) is 0 Å². The van der Waals surface area contributed by atoms with E-state index in [0.29, 0.717) is 0 Å². The molecule has 1 fully saturated rings. The molecule has 23 heavy (non-hydrogen) atoms. The molecule has 2 N–H and O–H groups in total. The standard InChI is InChI=1S/C20H39NO2/c1-17(2)13-9-6-4-3-5-7-12-16-19(20(21)22)23-18-14-10-8-11-15-18/h17-19H,3-16H2,1-2H3,(H2,21,22). The van der Waals surface area contributed by atoms with Gasteiger partial charge in [-0.05, 0) is 25.2 Å². The maximum absolute atomic E-state index is 11.6. The van der Waals surface area contributed by atoms with Gasteiger partial charge in [0.25, 0.3) is 0 Å². The molecule has 0 saturated heterocycles. The van der Waals surface area contributed by atoms with Gasteiger partial charge in [0.15, 0.2) is 0 Å². The SMILES string of the molecule is CC(C)CCCCCCCCCC(OC1CCCCC1)C(N)=O. The van der Waals surface area contributed by atoms with E-state index in [-0.39, 0.29) is 18.1 Å². The minimum absolute atomic E-state index is 0.266. The number of hydrogen-bond donors (Lipinski definition) is 1. The second-order valence-electron chi connectivity index (χ2n) is 7.73. The molecular formula is C20H39NO2. The van der Waals surface area contributed by atoms with Crippen LogP contribution in [0.2, 0.25) is 0 Å². The van der Waals surface area contributed by atoms with Crippen molar-refractivity contribution in [3.8, 4) is 0 Å². The van der Waals surface area contributed by atoms with Crippen molar-refractivity contribution in [2.45, 2.75) is 116 Å². The van der Waals surface area contributed by atoms with Crippen LogP contribution in [0.4, 0.5) is 0 Å². The third-order valence-corrected chi connectivity index (χ3v) is 4.97. The highest BCUT2D eigenvalue weighted by atomic mass is 16.5. The summed E-state index contributed by atoms with van der Waals surface area (Å²) in [5.74, 6) is 0.564. The summed E-state index contributed by atoms with van der Waals surface area (Å²) in [6, 6.07) is 0. The number of amides is 1. The predicted octanol–water partition coefficient (Wildman–Crippen LogP) is 5.36. The summed E-state index contributed by atoms with van der Waals surface area (Å²) < 4.78 is 5.96. The lowest BCUT2D eigenvalue weighted by molar-refractivity contribution is -0.135. The molecule has 0 aliphatic heterocycles. The topological polar surface area (TPSA) is 52.3 Å². The van der Waals surface area contributed by atoms with Gasteiger partial charge < -0.3 is 10.5 Å².